The van der Waals surface area contributed by atoms with Crippen molar-refractivity contribution in [3.63, 3.8) is 0 Å². The van der Waals surface area contributed by atoms with Crippen LogP contribution in [0.4, 0.5) is 0 Å². The maximum Gasteiger partial charge on any atom is 0.251 e. The first-order chi connectivity index (χ1) is 21.5. The molecule has 0 unspecified atom stereocenters. The number of carbonyl (C=O) groups excluding carboxylic acids is 2. The molecule has 2 heterocycles. The number of aryl methyl sites for hydroxylation is 1. The molecular weight excluding hydrogens is 580 g/mol. The second-order valence-electron chi connectivity index (χ2n) is 11.3. The summed E-state index contributed by atoms with van der Waals surface area (Å²) in [6.45, 7) is 7.31. The second kappa shape index (κ2) is 14.1. The number of rotatable bonds is 13. The summed E-state index contributed by atoms with van der Waals surface area (Å²) in [7, 11) is 6.21. The molecule has 2 aromatic heterocycles. The van der Waals surface area contributed by atoms with Crippen molar-refractivity contribution in [1.82, 2.24) is 30.4 Å². The third kappa shape index (κ3) is 8.11. The molecule has 0 radical (unpaired) electrons. The highest BCUT2D eigenvalue weighted by molar-refractivity contribution is 5.88. The first-order valence-electron chi connectivity index (χ1n) is 14.3. The number of nitrogens with zero attached hydrogens (tertiary/aromatic N) is 5. The molecule has 240 valence electrons. The lowest BCUT2D eigenvalue weighted by Gasteiger charge is -2.32. The van der Waals surface area contributed by atoms with Crippen LogP contribution in [0.1, 0.15) is 43.9 Å². The van der Waals surface area contributed by atoms with Crippen LogP contribution in [-0.4, -0.2) is 77.4 Å². The average molecular weight is 621 g/mol. The van der Waals surface area contributed by atoms with E-state index in [1.165, 1.54) is 16.8 Å². The molecule has 13 heteroatoms. The third-order valence-electron chi connectivity index (χ3n) is 6.87. The van der Waals surface area contributed by atoms with E-state index in [-0.39, 0.29) is 19.0 Å². The van der Waals surface area contributed by atoms with Gasteiger partial charge in [-0.15, -0.1) is 10.2 Å². The van der Waals surface area contributed by atoms with E-state index < -0.39 is 17.5 Å². The van der Waals surface area contributed by atoms with Crippen LogP contribution < -0.4 is 24.3 Å². The minimum absolute atomic E-state index is 0.174. The molecule has 0 aliphatic heterocycles. The maximum atomic E-state index is 14.1. The number of methoxy groups -OCH3 is 4. The predicted octanol–water partition coefficient (Wildman–Crippen LogP) is 4.00. The minimum atomic E-state index is -1.06. The third-order valence-corrected chi connectivity index (χ3v) is 6.87. The smallest absolute Gasteiger partial charge is 0.251 e. The summed E-state index contributed by atoms with van der Waals surface area (Å²) in [5, 5.41) is 15.7. The lowest BCUT2D eigenvalue weighted by Crippen LogP contribution is -2.50. The lowest BCUT2D eigenvalue weighted by atomic mass is 10.0. The SMILES string of the molecule is COc1ccc(CCN(C(=O)Cn2nnc(-c3ccc(OC)c(OC)c3)n2)[C@@H](C(=O)NC(C)(C)C)c2ccc(C)o2)cc1OC. The molecule has 45 heavy (non-hydrogen) atoms. The lowest BCUT2D eigenvalue weighted by molar-refractivity contribution is -0.143. The summed E-state index contributed by atoms with van der Waals surface area (Å²) >= 11 is 0. The van der Waals surface area contributed by atoms with Crippen LogP contribution in [0.5, 0.6) is 23.0 Å². The van der Waals surface area contributed by atoms with Crippen molar-refractivity contribution in [3.8, 4) is 34.4 Å². The predicted molar refractivity (Wildman–Crippen MR) is 165 cm³/mol. The summed E-state index contributed by atoms with van der Waals surface area (Å²) < 4.78 is 27.4. The largest absolute Gasteiger partial charge is 0.493 e. The normalized spacial score (nSPS) is 11.9. The van der Waals surface area contributed by atoms with E-state index in [4.69, 9.17) is 23.4 Å². The first-order valence-corrected chi connectivity index (χ1v) is 14.3. The molecule has 2 aromatic carbocycles. The van der Waals surface area contributed by atoms with E-state index in [1.54, 1.807) is 64.7 Å². The molecule has 0 spiro atoms. The van der Waals surface area contributed by atoms with E-state index in [0.29, 0.717) is 52.3 Å². The van der Waals surface area contributed by atoms with Gasteiger partial charge in [0.2, 0.25) is 11.7 Å². The Bertz CT molecular complexity index is 1620. The van der Waals surface area contributed by atoms with Gasteiger partial charge in [0, 0.05) is 17.6 Å². The fraction of sp³-hybridized carbons (Fsp3) is 0.406. The van der Waals surface area contributed by atoms with Crippen LogP contribution in [0, 0.1) is 6.92 Å². The number of amides is 2. The zero-order chi connectivity index (χ0) is 32.7. The van der Waals surface area contributed by atoms with Gasteiger partial charge < -0.3 is 33.6 Å². The fourth-order valence-corrected chi connectivity index (χ4v) is 4.76. The summed E-state index contributed by atoms with van der Waals surface area (Å²) in [4.78, 5) is 30.5. The summed E-state index contributed by atoms with van der Waals surface area (Å²) in [5.41, 5.74) is 0.951. The van der Waals surface area contributed by atoms with E-state index in [0.717, 1.165) is 5.56 Å². The topological polar surface area (TPSA) is 143 Å². The first kappa shape index (κ1) is 32.8. The average Bonchev–Trinajstić information content (AvgIpc) is 3.66. The van der Waals surface area contributed by atoms with E-state index in [1.807, 2.05) is 32.9 Å². The number of benzene rings is 2. The van der Waals surface area contributed by atoms with Gasteiger partial charge in [0.05, 0.1) is 28.4 Å². The Morgan fingerprint density at radius 3 is 2.16 bits per heavy atom. The molecule has 4 aromatic rings. The Morgan fingerprint density at radius 2 is 1.56 bits per heavy atom. The fourth-order valence-electron chi connectivity index (χ4n) is 4.76. The van der Waals surface area contributed by atoms with E-state index in [2.05, 4.69) is 20.7 Å². The quantitative estimate of drug-likeness (QED) is 0.233. The van der Waals surface area contributed by atoms with Crippen molar-refractivity contribution in [2.45, 2.75) is 52.2 Å². The number of furan rings is 1. The summed E-state index contributed by atoms with van der Waals surface area (Å²) in [5.74, 6) is 2.67. The molecule has 13 nitrogen and oxygen atoms in total. The molecule has 1 N–H and O–H groups in total. The molecule has 1 atom stereocenters. The van der Waals surface area contributed by atoms with Gasteiger partial charge in [-0.3, -0.25) is 9.59 Å². The highest BCUT2D eigenvalue weighted by atomic mass is 16.5. The van der Waals surface area contributed by atoms with Crippen LogP contribution in [0.2, 0.25) is 0 Å². The van der Waals surface area contributed by atoms with Crippen molar-refractivity contribution in [1.29, 1.82) is 0 Å². The van der Waals surface area contributed by atoms with Gasteiger partial charge in [-0.05, 0) is 87.4 Å². The van der Waals surface area contributed by atoms with Crippen LogP contribution >= 0.6 is 0 Å². The zero-order valence-electron chi connectivity index (χ0n) is 26.9. The monoisotopic (exact) mass is 620 g/mol. The number of ether oxygens (including phenoxy) is 4. The van der Waals surface area contributed by atoms with Crippen LogP contribution in [0.3, 0.4) is 0 Å². The highest BCUT2D eigenvalue weighted by Crippen LogP contribution is 2.31. The molecule has 0 saturated heterocycles. The Kier molecular flexibility index (Phi) is 10.3. The van der Waals surface area contributed by atoms with Gasteiger partial charge in [0.1, 0.15) is 18.1 Å². The Balaban J connectivity index is 1.67. The van der Waals surface area contributed by atoms with E-state index >= 15 is 0 Å². The zero-order valence-corrected chi connectivity index (χ0v) is 26.9. The van der Waals surface area contributed by atoms with Crippen molar-refractivity contribution < 1.29 is 33.0 Å². The number of hydrogen-bond donors (Lipinski definition) is 1. The van der Waals surface area contributed by atoms with Crippen LogP contribution in [0.25, 0.3) is 11.4 Å². The van der Waals surface area contributed by atoms with Gasteiger partial charge in [-0.1, -0.05) is 6.07 Å². The number of aromatic nitrogens is 4. The second-order valence-corrected chi connectivity index (χ2v) is 11.3. The molecule has 0 fully saturated rings. The van der Waals surface area contributed by atoms with Gasteiger partial charge in [0.25, 0.3) is 5.91 Å². The molecule has 0 aliphatic carbocycles. The van der Waals surface area contributed by atoms with Crippen molar-refractivity contribution in [2.75, 3.05) is 35.0 Å². The van der Waals surface area contributed by atoms with E-state index in [9.17, 15) is 9.59 Å². The molecule has 0 bridgehead atoms. The molecule has 0 saturated carbocycles. The van der Waals surface area contributed by atoms with Crippen LogP contribution in [0.15, 0.2) is 52.9 Å². The Hall–Kier alpha value is -5.07. The van der Waals surface area contributed by atoms with Crippen molar-refractivity contribution >= 4 is 11.8 Å². The van der Waals surface area contributed by atoms with Gasteiger partial charge >= 0.3 is 0 Å². The van der Waals surface area contributed by atoms with Crippen LogP contribution in [-0.2, 0) is 22.6 Å². The molecular formula is C32H40N6O7. The molecule has 4 rings (SSSR count). The Morgan fingerprint density at radius 1 is 0.911 bits per heavy atom. The summed E-state index contributed by atoms with van der Waals surface area (Å²) in [6.07, 6.45) is 0.409. The molecule has 2 amide bonds. The highest BCUT2D eigenvalue weighted by Gasteiger charge is 2.35. The van der Waals surface area contributed by atoms with Gasteiger partial charge in [-0.2, -0.15) is 4.80 Å². The number of tetrazole rings is 1. The van der Waals surface area contributed by atoms with Gasteiger partial charge in [0.15, 0.2) is 29.0 Å². The maximum absolute atomic E-state index is 14.1. The number of nitrogens with one attached hydrogen (secondary N) is 1. The number of hydrogen-bond acceptors (Lipinski definition) is 10. The van der Waals surface area contributed by atoms with Crippen molar-refractivity contribution in [3.05, 3.63) is 65.6 Å². The number of carbonyl (C=O) groups is 2. The van der Waals surface area contributed by atoms with Crippen molar-refractivity contribution in [2.24, 2.45) is 0 Å². The summed E-state index contributed by atoms with van der Waals surface area (Å²) in [6, 6.07) is 13.2. The van der Waals surface area contributed by atoms with Gasteiger partial charge in [-0.25, -0.2) is 0 Å². The molecule has 0 aliphatic rings. The standard InChI is InChI=1S/C32H40N6O7/c1-20-9-12-25(45-20)29(31(40)33-32(2,3)4)37(16-15-21-10-13-23(41-5)26(17-21)43-7)28(39)19-38-35-30(34-36-38)22-11-14-24(42-6)27(18-22)44-8/h9-14,17-18,29H,15-16,19H2,1-8H3,(H,33,40)/t29-/m1/s1. The Labute approximate surface area is 262 Å². The minimum Gasteiger partial charge on any atom is -0.493 e.